The number of halogens is 2. The standard InChI is InChI=1S/6C6H7P.2ClH.2Ni/c6*7-6-4-2-1-3-5-6;;;;/h6*1-5H,7H2;2*1H;;/p-2. The minimum Gasteiger partial charge on any atom is -1.00 e. The average Bonchev–Trinajstić information content (AvgIpc) is 3.01. The first kappa shape index (κ1) is 52.3. The molecule has 0 N–H and O–H groups in total. The molecule has 46 heavy (non-hydrogen) atoms. The van der Waals surface area contributed by atoms with Gasteiger partial charge in [-0.25, -0.2) is 0 Å². The van der Waals surface area contributed by atoms with Crippen molar-refractivity contribution in [3.05, 3.63) is 182 Å². The van der Waals surface area contributed by atoms with E-state index in [2.05, 4.69) is 55.4 Å². The summed E-state index contributed by atoms with van der Waals surface area (Å²) < 4.78 is 0. The van der Waals surface area contributed by atoms with Crippen molar-refractivity contribution >= 4 is 87.3 Å². The van der Waals surface area contributed by atoms with E-state index < -0.39 is 0 Å². The van der Waals surface area contributed by atoms with E-state index in [4.69, 9.17) is 0 Å². The van der Waals surface area contributed by atoms with E-state index in [-0.39, 0.29) is 57.8 Å². The van der Waals surface area contributed by atoms with Crippen LogP contribution in [0.3, 0.4) is 0 Å². The Morgan fingerprint density at radius 2 is 0.283 bits per heavy atom. The van der Waals surface area contributed by atoms with Crippen LogP contribution >= 0.6 is 55.4 Å². The predicted molar refractivity (Wildman–Crippen MR) is 215 cm³/mol. The largest absolute Gasteiger partial charge is 1.00 e. The predicted octanol–water partition coefficient (Wildman–Crippen LogP) is 1.13. The summed E-state index contributed by atoms with van der Waals surface area (Å²) in [6, 6.07) is 60.8. The van der Waals surface area contributed by atoms with Gasteiger partial charge in [-0.3, -0.25) is 0 Å². The monoisotopic (exact) mass is 846 g/mol. The molecule has 0 saturated carbocycles. The van der Waals surface area contributed by atoms with Gasteiger partial charge in [-0.2, -0.15) is 0 Å². The Balaban J connectivity index is -0.000000226. The number of rotatable bonds is 0. The first-order valence-corrected chi connectivity index (χ1v) is 16.7. The zero-order chi connectivity index (χ0) is 30.7. The van der Waals surface area contributed by atoms with Crippen LogP contribution in [0, 0.1) is 0 Å². The average molecular weight is 849 g/mol. The van der Waals surface area contributed by atoms with Gasteiger partial charge in [0.2, 0.25) is 0 Å². The van der Waals surface area contributed by atoms with Crippen molar-refractivity contribution in [2.75, 3.05) is 0 Å². The second-order valence-electron chi connectivity index (χ2n) is 8.46. The van der Waals surface area contributed by atoms with Gasteiger partial charge < -0.3 is 24.8 Å². The molecular formula is C36H42Cl2Ni2P6-2. The van der Waals surface area contributed by atoms with Crippen molar-refractivity contribution in [2.45, 2.75) is 0 Å². The van der Waals surface area contributed by atoms with Crippen LogP contribution in [-0.2, 0) is 33.0 Å². The van der Waals surface area contributed by atoms with E-state index in [1.165, 1.54) is 31.8 Å². The molecule has 6 aromatic rings. The van der Waals surface area contributed by atoms with Gasteiger partial charge >= 0.3 is 0 Å². The van der Waals surface area contributed by atoms with Gasteiger partial charge in [0.05, 0.1) is 0 Å². The number of hydrogen-bond donors (Lipinski definition) is 0. The molecule has 0 fully saturated rings. The zero-order valence-corrected chi connectivity index (χ0v) is 35.6. The maximum absolute atomic E-state index is 2.63. The van der Waals surface area contributed by atoms with Gasteiger partial charge in [-0.15, -0.1) is 55.4 Å². The first-order valence-electron chi connectivity index (χ1n) is 13.2. The Hall–Kier alpha value is -0.533. The normalized spacial score (nSPS) is 7.96. The molecule has 10 heteroatoms. The summed E-state index contributed by atoms with van der Waals surface area (Å²) >= 11 is 0. The molecule has 0 amide bonds. The molecule has 6 aromatic carbocycles. The summed E-state index contributed by atoms with van der Waals surface area (Å²) in [6.45, 7) is 0. The SMILES string of the molecule is Pc1ccccc1.Pc1ccccc1.Pc1ccccc1.Pc1ccccc1.Pc1ccccc1.Pc1ccccc1.[Cl-].[Cl-].[Ni].[Ni]. The Kier molecular flexibility index (Phi) is 42.4. The minimum atomic E-state index is 0. The molecule has 0 saturated heterocycles. The Bertz CT molecular complexity index is 1120. The van der Waals surface area contributed by atoms with Crippen LogP contribution in [0.25, 0.3) is 0 Å². The van der Waals surface area contributed by atoms with Crippen molar-refractivity contribution in [1.82, 2.24) is 0 Å². The van der Waals surface area contributed by atoms with E-state index in [1.54, 1.807) is 0 Å². The summed E-state index contributed by atoms with van der Waals surface area (Å²) in [7, 11) is 15.8. The van der Waals surface area contributed by atoms with Gasteiger partial charge in [-0.1, -0.05) is 182 Å². The second kappa shape index (κ2) is 37.3. The molecule has 0 heterocycles. The van der Waals surface area contributed by atoms with Gasteiger partial charge in [0.15, 0.2) is 0 Å². The fourth-order valence-electron chi connectivity index (χ4n) is 2.72. The Morgan fingerprint density at radius 3 is 0.326 bits per heavy atom. The summed E-state index contributed by atoms with van der Waals surface area (Å²) in [5.41, 5.74) is 0. The summed E-state index contributed by atoms with van der Waals surface area (Å²) in [6.07, 6.45) is 0. The van der Waals surface area contributed by atoms with E-state index in [9.17, 15) is 0 Å². The molecular weight excluding hydrogens is 807 g/mol. The first-order chi connectivity index (χ1) is 20.4. The molecule has 6 rings (SSSR count). The molecule has 252 valence electrons. The molecule has 6 atom stereocenters. The molecule has 0 aliphatic heterocycles. The van der Waals surface area contributed by atoms with Crippen molar-refractivity contribution in [3.8, 4) is 0 Å². The molecule has 0 spiro atoms. The van der Waals surface area contributed by atoms with Crippen LogP contribution in [-0.4, -0.2) is 0 Å². The van der Waals surface area contributed by atoms with Crippen LogP contribution in [0.2, 0.25) is 0 Å². The second-order valence-corrected chi connectivity index (χ2v) is 12.5. The summed E-state index contributed by atoms with van der Waals surface area (Å²) in [4.78, 5) is 0. The van der Waals surface area contributed by atoms with Gasteiger partial charge in [0.1, 0.15) is 0 Å². The van der Waals surface area contributed by atoms with Gasteiger partial charge in [0.25, 0.3) is 0 Å². The topological polar surface area (TPSA) is 0 Å². The smallest absolute Gasteiger partial charge is 0 e. The van der Waals surface area contributed by atoms with E-state index in [0.29, 0.717) is 0 Å². The molecule has 0 nitrogen and oxygen atoms in total. The van der Waals surface area contributed by atoms with Crippen molar-refractivity contribution < 1.29 is 57.8 Å². The summed E-state index contributed by atoms with van der Waals surface area (Å²) in [5, 5.41) is 7.43. The molecule has 0 bridgehead atoms. The van der Waals surface area contributed by atoms with E-state index in [0.717, 1.165) is 0 Å². The number of benzene rings is 6. The van der Waals surface area contributed by atoms with Crippen LogP contribution in [0.15, 0.2) is 182 Å². The quantitative estimate of drug-likeness (QED) is 0.159. The van der Waals surface area contributed by atoms with Crippen LogP contribution in [0.4, 0.5) is 0 Å². The van der Waals surface area contributed by atoms with Gasteiger partial charge in [-0.05, 0) is 31.8 Å². The Morgan fingerprint density at radius 1 is 0.196 bits per heavy atom. The molecule has 6 unspecified atom stereocenters. The van der Waals surface area contributed by atoms with Crippen molar-refractivity contribution in [2.24, 2.45) is 0 Å². The van der Waals surface area contributed by atoms with Crippen LogP contribution in [0.5, 0.6) is 0 Å². The summed E-state index contributed by atoms with van der Waals surface area (Å²) in [5.74, 6) is 0. The maximum atomic E-state index is 2.63. The van der Waals surface area contributed by atoms with Crippen LogP contribution < -0.4 is 56.6 Å². The fraction of sp³-hybridized carbons (Fsp3) is 0. The zero-order valence-electron chi connectivity index (χ0n) is 25.2. The number of hydrogen-bond acceptors (Lipinski definition) is 0. The minimum absolute atomic E-state index is 0. The van der Waals surface area contributed by atoms with Gasteiger partial charge in [0, 0.05) is 33.0 Å². The maximum Gasteiger partial charge on any atom is 0 e. The van der Waals surface area contributed by atoms with Crippen LogP contribution in [0.1, 0.15) is 0 Å². The van der Waals surface area contributed by atoms with E-state index >= 15 is 0 Å². The Labute approximate surface area is 324 Å². The fourth-order valence-corrected chi connectivity index (χ4v) is 4.05. The third-order valence-electron chi connectivity index (χ3n) is 4.80. The third-order valence-corrected chi connectivity index (χ3v) is 7.11. The molecule has 0 aromatic heterocycles. The third kappa shape index (κ3) is 34.8. The van der Waals surface area contributed by atoms with Crippen molar-refractivity contribution in [1.29, 1.82) is 0 Å². The van der Waals surface area contributed by atoms with Crippen molar-refractivity contribution in [3.63, 3.8) is 0 Å². The molecule has 0 aliphatic carbocycles. The van der Waals surface area contributed by atoms with E-state index in [1.807, 2.05) is 182 Å². The molecule has 0 radical (unpaired) electrons. The molecule has 0 aliphatic rings.